The van der Waals surface area contributed by atoms with E-state index in [0.29, 0.717) is 63.2 Å². The molecule has 168 valence electrons. The van der Waals surface area contributed by atoms with Crippen LogP contribution < -0.4 is 14.2 Å². The van der Waals surface area contributed by atoms with Gasteiger partial charge in [0.2, 0.25) is 10.0 Å². The fraction of sp³-hybridized carbons (Fsp3) is 0.455. The molecule has 2 aliphatic rings. The van der Waals surface area contributed by atoms with Gasteiger partial charge in [0.15, 0.2) is 11.5 Å². The van der Waals surface area contributed by atoms with E-state index in [0.717, 1.165) is 12.0 Å². The molecule has 31 heavy (non-hydrogen) atoms. The van der Waals surface area contributed by atoms with Crippen LogP contribution in [0.4, 0.5) is 0 Å². The predicted molar refractivity (Wildman–Crippen MR) is 115 cm³/mol. The maximum atomic E-state index is 12.9. The lowest BCUT2D eigenvalue weighted by Crippen LogP contribution is -2.49. The van der Waals surface area contributed by atoms with Crippen molar-refractivity contribution in [2.75, 3.05) is 53.0 Å². The van der Waals surface area contributed by atoms with Gasteiger partial charge in [-0.15, -0.1) is 0 Å². The molecule has 1 fully saturated rings. The van der Waals surface area contributed by atoms with E-state index in [1.165, 1.54) is 4.31 Å². The minimum absolute atomic E-state index is 0.258. The fourth-order valence-corrected chi connectivity index (χ4v) is 5.21. The Morgan fingerprint density at radius 3 is 2.35 bits per heavy atom. The first-order chi connectivity index (χ1) is 15.0. The molecular weight excluding hydrogens is 420 g/mol. The molecule has 0 bridgehead atoms. The third kappa shape index (κ3) is 4.95. The molecule has 0 radical (unpaired) electrons. The Morgan fingerprint density at radius 1 is 1.00 bits per heavy atom. The van der Waals surface area contributed by atoms with E-state index in [4.69, 9.17) is 14.2 Å². The third-order valence-corrected chi connectivity index (χ3v) is 7.53. The Labute approximate surface area is 183 Å². The summed E-state index contributed by atoms with van der Waals surface area (Å²) >= 11 is 0. The number of nitrogens with zero attached hydrogens (tertiary/aromatic N) is 2. The highest BCUT2D eigenvalue weighted by Gasteiger charge is 2.29. The molecule has 4 rings (SSSR count). The number of methoxy groups -OCH3 is 1. The van der Waals surface area contributed by atoms with Crippen LogP contribution in [0, 0.1) is 0 Å². The van der Waals surface area contributed by atoms with Crippen molar-refractivity contribution < 1.29 is 27.7 Å². The lowest BCUT2D eigenvalue weighted by atomic mass is 10.1. The smallest absolute Gasteiger partial charge is 0.243 e. The Kier molecular flexibility index (Phi) is 6.66. The van der Waals surface area contributed by atoms with Gasteiger partial charge < -0.3 is 19.3 Å². The number of aliphatic hydroxyl groups excluding tert-OH is 1. The van der Waals surface area contributed by atoms with Gasteiger partial charge >= 0.3 is 0 Å². The van der Waals surface area contributed by atoms with Crippen molar-refractivity contribution in [2.45, 2.75) is 17.4 Å². The van der Waals surface area contributed by atoms with Gasteiger partial charge in [0.1, 0.15) is 5.75 Å². The number of ether oxygens (including phenoxy) is 3. The molecule has 9 heteroatoms. The standard InChI is InChI=1S/C22H28N2O6S/c1-28-18-4-6-19(7-5-18)31(26,27)24-11-9-23(10-12-24)16-20(25)17-3-8-21-22(15-17)30-14-2-13-29-21/h3-8,15,20,25H,2,9-14,16H2,1H3/t20-/m1/s1. The van der Waals surface area contributed by atoms with E-state index < -0.39 is 16.1 Å². The minimum Gasteiger partial charge on any atom is -0.497 e. The zero-order valence-electron chi connectivity index (χ0n) is 17.6. The molecule has 2 aliphatic heterocycles. The maximum absolute atomic E-state index is 12.9. The third-order valence-electron chi connectivity index (χ3n) is 5.62. The topological polar surface area (TPSA) is 88.5 Å². The lowest BCUT2D eigenvalue weighted by Gasteiger charge is -2.35. The second-order valence-corrected chi connectivity index (χ2v) is 9.59. The van der Waals surface area contributed by atoms with E-state index in [1.54, 1.807) is 31.4 Å². The van der Waals surface area contributed by atoms with Gasteiger partial charge in [0.05, 0.1) is 31.3 Å². The molecule has 0 unspecified atom stereocenters. The Hall–Kier alpha value is -2.33. The van der Waals surface area contributed by atoms with Crippen LogP contribution in [0.15, 0.2) is 47.4 Å². The first-order valence-electron chi connectivity index (χ1n) is 10.4. The van der Waals surface area contributed by atoms with Crippen LogP contribution in [0.5, 0.6) is 17.2 Å². The Balaban J connectivity index is 1.35. The van der Waals surface area contributed by atoms with Crippen molar-refractivity contribution in [1.29, 1.82) is 0 Å². The molecule has 1 atom stereocenters. The summed E-state index contributed by atoms with van der Waals surface area (Å²) in [7, 11) is -2.00. The normalized spacial score (nSPS) is 18.9. The van der Waals surface area contributed by atoms with Crippen LogP contribution in [0.3, 0.4) is 0 Å². The highest BCUT2D eigenvalue weighted by atomic mass is 32.2. The Morgan fingerprint density at radius 2 is 1.68 bits per heavy atom. The zero-order chi connectivity index (χ0) is 21.8. The minimum atomic E-state index is -3.55. The van der Waals surface area contributed by atoms with Crippen molar-refractivity contribution >= 4 is 10.0 Å². The summed E-state index contributed by atoms with van der Waals surface area (Å²) in [5, 5.41) is 10.7. The monoisotopic (exact) mass is 448 g/mol. The number of hydrogen-bond donors (Lipinski definition) is 1. The molecule has 2 aromatic rings. The van der Waals surface area contributed by atoms with Gasteiger partial charge in [0, 0.05) is 39.1 Å². The van der Waals surface area contributed by atoms with Crippen LogP contribution in [0.2, 0.25) is 0 Å². The molecule has 8 nitrogen and oxygen atoms in total. The summed E-state index contributed by atoms with van der Waals surface area (Å²) in [5.41, 5.74) is 0.762. The summed E-state index contributed by atoms with van der Waals surface area (Å²) in [5.74, 6) is 1.97. The van der Waals surface area contributed by atoms with Crippen molar-refractivity contribution in [3.8, 4) is 17.2 Å². The average Bonchev–Trinajstić information content (AvgIpc) is 3.04. The van der Waals surface area contributed by atoms with E-state index in [-0.39, 0.29) is 4.90 Å². The highest BCUT2D eigenvalue weighted by Crippen LogP contribution is 2.32. The number of fused-ring (bicyclic) bond motifs is 1. The Bertz CT molecular complexity index is 988. The first kappa shape index (κ1) is 21.9. The van der Waals surface area contributed by atoms with Crippen LogP contribution in [-0.4, -0.2) is 75.8 Å². The molecule has 0 amide bonds. The van der Waals surface area contributed by atoms with E-state index in [1.807, 2.05) is 18.2 Å². The number of piperazine rings is 1. The molecule has 2 aromatic carbocycles. The molecule has 1 saturated heterocycles. The SMILES string of the molecule is COc1ccc(S(=O)(=O)N2CCN(C[C@@H](O)c3ccc4c(c3)OCCCO4)CC2)cc1. The van der Waals surface area contributed by atoms with Gasteiger partial charge in [-0.3, -0.25) is 4.90 Å². The zero-order valence-corrected chi connectivity index (χ0v) is 18.4. The van der Waals surface area contributed by atoms with E-state index in [9.17, 15) is 13.5 Å². The molecule has 0 saturated carbocycles. The predicted octanol–water partition coefficient (Wildman–Crippen LogP) is 1.90. The summed E-state index contributed by atoms with van der Waals surface area (Å²) < 4.78 is 43.7. The summed E-state index contributed by atoms with van der Waals surface area (Å²) in [4.78, 5) is 2.34. The maximum Gasteiger partial charge on any atom is 0.243 e. The first-order valence-corrected chi connectivity index (χ1v) is 11.9. The second-order valence-electron chi connectivity index (χ2n) is 7.65. The van der Waals surface area contributed by atoms with Crippen LogP contribution in [0.25, 0.3) is 0 Å². The second kappa shape index (κ2) is 9.44. The number of aliphatic hydroxyl groups is 1. The van der Waals surface area contributed by atoms with E-state index in [2.05, 4.69) is 4.90 Å². The summed E-state index contributed by atoms with van der Waals surface area (Å²) in [6.07, 6.45) is 0.137. The number of rotatable bonds is 6. The molecular formula is C22H28N2O6S. The lowest BCUT2D eigenvalue weighted by molar-refractivity contribution is 0.0919. The summed E-state index contributed by atoms with van der Waals surface area (Å²) in [6, 6.07) is 11.9. The number of sulfonamides is 1. The van der Waals surface area contributed by atoms with Gasteiger partial charge in [-0.2, -0.15) is 4.31 Å². The molecule has 0 spiro atoms. The largest absolute Gasteiger partial charge is 0.497 e. The van der Waals surface area contributed by atoms with Crippen LogP contribution >= 0.6 is 0 Å². The number of benzene rings is 2. The molecule has 0 aliphatic carbocycles. The number of hydrogen-bond acceptors (Lipinski definition) is 7. The molecule has 2 heterocycles. The van der Waals surface area contributed by atoms with Gasteiger partial charge in [0.25, 0.3) is 0 Å². The molecule has 1 N–H and O–H groups in total. The molecule has 0 aromatic heterocycles. The van der Waals surface area contributed by atoms with Gasteiger partial charge in [-0.25, -0.2) is 8.42 Å². The fourth-order valence-electron chi connectivity index (χ4n) is 3.79. The van der Waals surface area contributed by atoms with Crippen LogP contribution in [0.1, 0.15) is 18.1 Å². The van der Waals surface area contributed by atoms with Gasteiger partial charge in [-0.05, 0) is 42.0 Å². The van der Waals surface area contributed by atoms with Crippen molar-refractivity contribution in [3.63, 3.8) is 0 Å². The average molecular weight is 449 g/mol. The van der Waals surface area contributed by atoms with Gasteiger partial charge in [-0.1, -0.05) is 6.07 Å². The van der Waals surface area contributed by atoms with E-state index >= 15 is 0 Å². The summed E-state index contributed by atoms with van der Waals surface area (Å²) in [6.45, 7) is 3.50. The quantitative estimate of drug-likeness (QED) is 0.722. The van der Waals surface area contributed by atoms with Crippen LogP contribution in [-0.2, 0) is 10.0 Å². The van der Waals surface area contributed by atoms with Crippen molar-refractivity contribution in [3.05, 3.63) is 48.0 Å². The van der Waals surface area contributed by atoms with Crippen molar-refractivity contribution in [2.24, 2.45) is 0 Å². The number of β-amino-alcohol motifs (C(OH)–C–C–N with tert-alkyl or cyclic N) is 1. The van der Waals surface area contributed by atoms with Crippen molar-refractivity contribution in [1.82, 2.24) is 9.21 Å². The highest BCUT2D eigenvalue weighted by molar-refractivity contribution is 7.89.